The van der Waals surface area contributed by atoms with Crippen molar-refractivity contribution >= 4 is 11.3 Å². The summed E-state index contributed by atoms with van der Waals surface area (Å²) in [5.41, 5.74) is 1.97. The summed E-state index contributed by atoms with van der Waals surface area (Å²) in [7, 11) is 0. The number of hydrogen-bond donors (Lipinski definition) is 1. The van der Waals surface area contributed by atoms with Crippen molar-refractivity contribution in [2.75, 3.05) is 32.7 Å². The summed E-state index contributed by atoms with van der Waals surface area (Å²) in [6.45, 7) is 14.8. The van der Waals surface area contributed by atoms with Crippen molar-refractivity contribution in [1.29, 1.82) is 0 Å². The first-order valence-electron chi connectivity index (χ1n) is 11.7. The zero-order valence-electron chi connectivity index (χ0n) is 19.7. The maximum Gasteiger partial charge on any atom is 0.120 e. The van der Waals surface area contributed by atoms with Gasteiger partial charge in [-0.1, -0.05) is 43.0 Å². The van der Waals surface area contributed by atoms with Gasteiger partial charge in [-0.3, -0.25) is 4.90 Å². The lowest BCUT2D eigenvalue weighted by Crippen LogP contribution is -2.39. The van der Waals surface area contributed by atoms with Crippen LogP contribution in [0.15, 0.2) is 36.4 Å². The third-order valence-electron chi connectivity index (χ3n) is 6.16. The fourth-order valence-electron chi connectivity index (χ4n) is 4.20. The molecule has 1 aliphatic heterocycles. The van der Waals surface area contributed by atoms with E-state index in [4.69, 9.17) is 0 Å². The molecule has 0 spiro atoms. The van der Waals surface area contributed by atoms with E-state index in [9.17, 15) is 5.11 Å². The number of piperidine rings is 1. The van der Waals surface area contributed by atoms with E-state index in [0.717, 1.165) is 30.3 Å². The van der Waals surface area contributed by atoms with Crippen LogP contribution in [-0.2, 0) is 13.0 Å². The van der Waals surface area contributed by atoms with E-state index in [1.165, 1.54) is 55.0 Å². The fourth-order valence-corrected chi connectivity index (χ4v) is 5.10. The first kappa shape index (κ1) is 24.0. The second-order valence-corrected chi connectivity index (χ2v) is 10.5. The average Bonchev–Trinajstić information content (AvgIpc) is 3.19. The molecule has 0 radical (unpaired) electrons. The van der Waals surface area contributed by atoms with Crippen molar-refractivity contribution in [1.82, 2.24) is 9.80 Å². The van der Waals surface area contributed by atoms with Crippen molar-refractivity contribution in [2.24, 2.45) is 5.92 Å². The van der Waals surface area contributed by atoms with Gasteiger partial charge in [0.15, 0.2) is 0 Å². The van der Waals surface area contributed by atoms with Crippen molar-refractivity contribution in [2.45, 2.75) is 59.1 Å². The number of nitrogens with zero attached hydrogens (tertiary/aromatic N) is 2. The highest BCUT2D eigenvalue weighted by Gasteiger charge is 2.21. The standard InChI is InChI=1S/C27H38N2OS/c1-5-28(21-26-11-10-25(31-26)12-16-27(3,4)30)20-23-13-17-29(18-14-23)19-15-24-9-7-6-8-22(24)2/h6-11,23,30H,5,13-15,17-21H2,1-4H3. The molecule has 1 fully saturated rings. The van der Waals surface area contributed by atoms with Gasteiger partial charge >= 0.3 is 0 Å². The summed E-state index contributed by atoms with van der Waals surface area (Å²) in [5.74, 6) is 6.81. The maximum atomic E-state index is 9.79. The van der Waals surface area contributed by atoms with Gasteiger partial charge in [-0.15, -0.1) is 11.3 Å². The van der Waals surface area contributed by atoms with Crippen LogP contribution in [0.1, 0.15) is 54.5 Å². The molecule has 0 aliphatic carbocycles. The van der Waals surface area contributed by atoms with Gasteiger partial charge in [-0.2, -0.15) is 0 Å². The Morgan fingerprint density at radius 1 is 1.16 bits per heavy atom. The van der Waals surface area contributed by atoms with Gasteiger partial charge in [0.05, 0.1) is 4.88 Å². The van der Waals surface area contributed by atoms with Crippen LogP contribution >= 0.6 is 11.3 Å². The first-order chi connectivity index (χ1) is 14.8. The Balaban J connectivity index is 1.43. The van der Waals surface area contributed by atoms with E-state index in [2.05, 4.69) is 71.9 Å². The fraction of sp³-hybridized carbons (Fsp3) is 0.556. The predicted molar refractivity (Wildman–Crippen MR) is 132 cm³/mol. The Labute approximate surface area is 193 Å². The Bertz CT molecular complexity index is 878. The molecule has 2 heterocycles. The molecule has 168 valence electrons. The number of benzene rings is 1. The topological polar surface area (TPSA) is 26.7 Å². The Morgan fingerprint density at radius 2 is 1.90 bits per heavy atom. The molecule has 1 aliphatic rings. The van der Waals surface area contributed by atoms with Crippen LogP contribution in [0.2, 0.25) is 0 Å². The predicted octanol–water partition coefficient (Wildman–Crippen LogP) is 4.96. The van der Waals surface area contributed by atoms with E-state index < -0.39 is 5.60 Å². The lowest BCUT2D eigenvalue weighted by molar-refractivity contribution is 0.143. The smallest absolute Gasteiger partial charge is 0.120 e. The molecule has 1 saturated heterocycles. The molecule has 0 unspecified atom stereocenters. The van der Waals surface area contributed by atoms with Crippen LogP contribution in [0.5, 0.6) is 0 Å². The van der Waals surface area contributed by atoms with E-state index >= 15 is 0 Å². The summed E-state index contributed by atoms with van der Waals surface area (Å²) >= 11 is 1.75. The van der Waals surface area contributed by atoms with E-state index in [-0.39, 0.29) is 0 Å². The van der Waals surface area contributed by atoms with Crippen LogP contribution in [-0.4, -0.2) is 53.2 Å². The first-order valence-corrected chi connectivity index (χ1v) is 12.5. The molecule has 2 aromatic rings. The highest BCUT2D eigenvalue weighted by atomic mass is 32.1. The highest BCUT2D eigenvalue weighted by molar-refractivity contribution is 7.12. The molecule has 1 N–H and O–H groups in total. The van der Waals surface area contributed by atoms with Crippen molar-refractivity contribution in [3.63, 3.8) is 0 Å². The van der Waals surface area contributed by atoms with Crippen LogP contribution in [0.4, 0.5) is 0 Å². The highest BCUT2D eigenvalue weighted by Crippen LogP contribution is 2.22. The Hall–Kier alpha value is -1.64. The van der Waals surface area contributed by atoms with Gasteiger partial charge in [0, 0.05) is 24.5 Å². The molecule has 4 heteroatoms. The van der Waals surface area contributed by atoms with Gasteiger partial charge in [0.25, 0.3) is 0 Å². The number of aryl methyl sites for hydroxylation is 1. The molecule has 3 rings (SSSR count). The van der Waals surface area contributed by atoms with Gasteiger partial charge < -0.3 is 10.0 Å². The van der Waals surface area contributed by atoms with Crippen LogP contribution in [0.25, 0.3) is 0 Å². The number of likely N-dealkylation sites (tertiary alicyclic amines) is 1. The zero-order valence-corrected chi connectivity index (χ0v) is 20.5. The summed E-state index contributed by atoms with van der Waals surface area (Å²) < 4.78 is 0. The molecule has 0 saturated carbocycles. The molecule has 31 heavy (non-hydrogen) atoms. The number of aliphatic hydroxyl groups is 1. The molecule has 0 amide bonds. The molecule has 0 atom stereocenters. The molecule has 1 aromatic carbocycles. The lowest BCUT2D eigenvalue weighted by atomic mass is 9.95. The second-order valence-electron chi connectivity index (χ2n) is 9.36. The molecule has 1 aromatic heterocycles. The third-order valence-corrected chi connectivity index (χ3v) is 7.15. The minimum Gasteiger partial charge on any atom is -0.378 e. The normalized spacial score (nSPS) is 15.8. The minimum atomic E-state index is -0.936. The number of rotatable bonds is 8. The Kier molecular flexibility index (Phi) is 8.75. The van der Waals surface area contributed by atoms with Gasteiger partial charge in [0.1, 0.15) is 5.60 Å². The quantitative estimate of drug-likeness (QED) is 0.591. The second kappa shape index (κ2) is 11.3. The maximum absolute atomic E-state index is 9.79. The Morgan fingerprint density at radius 3 is 2.58 bits per heavy atom. The van der Waals surface area contributed by atoms with Crippen molar-refractivity contribution < 1.29 is 5.11 Å². The van der Waals surface area contributed by atoms with Crippen molar-refractivity contribution in [3.8, 4) is 11.8 Å². The zero-order chi connectivity index (χ0) is 22.3. The van der Waals surface area contributed by atoms with Crippen LogP contribution in [0.3, 0.4) is 0 Å². The van der Waals surface area contributed by atoms with Crippen molar-refractivity contribution in [3.05, 3.63) is 57.3 Å². The van der Waals surface area contributed by atoms with Gasteiger partial charge in [-0.25, -0.2) is 0 Å². The minimum absolute atomic E-state index is 0.795. The van der Waals surface area contributed by atoms with E-state index in [1.54, 1.807) is 25.2 Å². The van der Waals surface area contributed by atoms with E-state index in [0.29, 0.717) is 0 Å². The molecule has 0 bridgehead atoms. The number of hydrogen-bond acceptors (Lipinski definition) is 4. The summed E-state index contributed by atoms with van der Waals surface area (Å²) in [6, 6.07) is 13.1. The molecule has 3 nitrogen and oxygen atoms in total. The van der Waals surface area contributed by atoms with E-state index in [1.807, 2.05) is 0 Å². The SMILES string of the molecule is CCN(Cc1ccc(C#CC(C)(C)O)s1)CC1CCN(CCc2ccccc2C)CC1. The molecular formula is C27H38N2OS. The monoisotopic (exact) mass is 438 g/mol. The van der Waals surface area contributed by atoms with Gasteiger partial charge in [-0.05, 0) is 88.8 Å². The van der Waals surface area contributed by atoms with Crippen LogP contribution < -0.4 is 0 Å². The largest absolute Gasteiger partial charge is 0.378 e. The summed E-state index contributed by atoms with van der Waals surface area (Å²) in [4.78, 5) is 7.62. The molecular weight excluding hydrogens is 400 g/mol. The van der Waals surface area contributed by atoms with Crippen LogP contribution in [0, 0.1) is 24.7 Å². The van der Waals surface area contributed by atoms with Gasteiger partial charge in [0.2, 0.25) is 0 Å². The summed E-state index contributed by atoms with van der Waals surface area (Å²) in [5, 5.41) is 9.79. The third kappa shape index (κ3) is 8.09. The lowest BCUT2D eigenvalue weighted by Gasteiger charge is -2.34. The summed E-state index contributed by atoms with van der Waals surface area (Å²) in [6.07, 6.45) is 3.77. The number of thiophene rings is 1. The average molecular weight is 439 g/mol.